The predicted molar refractivity (Wildman–Crippen MR) is 140 cm³/mol. The molecule has 0 bridgehead atoms. The van der Waals surface area contributed by atoms with E-state index in [4.69, 9.17) is 5.73 Å². The molecule has 4 aromatic rings. The number of rotatable bonds is 5. The van der Waals surface area contributed by atoms with E-state index in [1.165, 1.54) is 27.8 Å². The van der Waals surface area contributed by atoms with Gasteiger partial charge in [0.15, 0.2) is 0 Å². The number of hydrogen-bond donors (Lipinski definition) is 1. The van der Waals surface area contributed by atoms with Crippen molar-refractivity contribution in [3.8, 4) is 0 Å². The SMILES string of the molecule is CCn1nnc2c(C)c([C@@H](CN)c3ccc4c(c3)CN(C(=O)c3ccc(C)c(C)c3)CC4)ccc21. The van der Waals surface area contributed by atoms with E-state index in [2.05, 4.69) is 68.3 Å². The second kappa shape index (κ2) is 9.27. The number of benzene rings is 3. The lowest BCUT2D eigenvalue weighted by Gasteiger charge is -2.30. The molecule has 5 rings (SSSR count). The molecule has 0 spiro atoms. The Morgan fingerprint density at radius 3 is 2.60 bits per heavy atom. The van der Waals surface area contributed by atoms with Gasteiger partial charge in [-0.2, -0.15) is 0 Å². The fourth-order valence-electron chi connectivity index (χ4n) is 5.26. The number of nitrogens with zero attached hydrogens (tertiary/aromatic N) is 4. The topological polar surface area (TPSA) is 77.0 Å². The number of nitrogens with two attached hydrogens (primary N) is 1. The molecule has 0 aliphatic carbocycles. The second-order valence-electron chi connectivity index (χ2n) is 9.64. The van der Waals surface area contributed by atoms with Gasteiger partial charge < -0.3 is 10.6 Å². The molecule has 1 atom stereocenters. The Bertz CT molecular complexity index is 1420. The van der Waals surface area contributed by atoms with Gasteiger partial charge in [0.2, 0.25) is 0 Å². The molecule has 2 heterocycles. The summed E-state index contributed by atoms with van der Waals surface area (Å²) in [6.45, 7) is 10.9. The standard InChI is InChI=1S/C29H33N5O/c1-5-34-27-11-10-25(20(4)28(27)31-32-34)26(16-30)22-9-8-21-12-13-33(17-24(21)15-22)29(35)23-7-6-18(2)19(3)14-23/h6-11,14-15,26H,5,12-13,16-17,30H2,1-4H3/t26-/m0/s1. The lowest BCUT2D eigenvalue weighted by atomic mass is 9.85. The van der Waals surface area contributed by atoms with Crippen LogP contribution < -0.4 is 5.73 Å². The molecule has 35 heavy (non-hydrogen) atoms. The zero-order chi connectivity index (χ0) is 24.7. The largest absolute Gasteiger partial charge is 0.334 e. The van der Waals surface area contributed by atoms with E-state index in [9.17, 15) is 4.79 Å². The van der Waals surface area contributed by atoms with Crippen LogP contribution in [0.4, 0.5) is 0 Å². The van der Waals surface area contributed by atoms with E-state index in [0.29, 0.717) is 13.1 Å². The molecule has 0 fully saturated rings. The van der Waals surface area contributed by atoms with Crippen molar-refractivity contribution in [2.75, 3.05) is 13.1 Å². The number of aryl methyl sites for hydroxylation is 4. The molecule has 0 unspecified atom stereocenters. The molecule has 6 nitrogen and oxygen atoms in total. The monoisotopic (exact) mass is 467 g/mol. The summed E-state index contributed by atoms with van der Waals surface area (Å²) in [7, 11) is 0. The third kappa shape index (κ3) is 4.12. The summed E-state index contributed by atoms with van der Waals surface area (Å²) >= 11 is 0. The van der Waals surface area contributed by atoms with Crippen LogP contribution in [0.25, 0.3) is 11.0 Å². The van der Waals surface area contributed by atoms with E-state index >= 15 is 0 Å². The summed E-state index contributed by atoms with van der Waals surface area (Å²) in [5, 5.41) is 8.72. The zero-order valence-corrected chi connectivity index (χ0v) is 21.0. The van der Waals surface area contributed by atoms with Crippen molar-refractivity contribution in [1.29, 1.82) is 0 Å². The first-order valence-electron chi connectivity index (χ1n) is 12.4. The Balaban J connectivity index is 1.45. The average molecular weight is 468 g/mol. The van der Waals surface area contributed by atoms with Gasteiger partial charge in [-0.3, -0.25) is 4.79 Å². The molecule has 1 aliphatic rings. The molecule has 6 heteroatoms. The van der Waals surface area contributed by atoms with Crippen LogP contribution in [-0.2, 0) is 19.5 Å². The molecule has 1 amide bonds. The van der Waals surface area contributed by atoms with Crippen LogP contribution in [0.1, 0.15) is 62.1 Å². The van der Waals surface area contributed by atoms with E-state index in [1.807, 2.05) is 27.8 Å². The Hall–Kier alpha value is -3.51. The number of aromatic nitrogens is 3. The van der Waals surface area contributed by atoms with Gasteiger partial charge in [-0.05, 0) is 91.3 Å². The van der Waals surface area contributed by atoms with Crippen molar-refractivity contribution in [3.63, 3.8) is 0 Å². The van der Waals surface area contributed by atoms with Gasteiger partial charge in [0.1, 0.15) is 5.52 Å². The number of hydrogen-bond acceptors (Lipinski definition) is 4. The summed E-state index contributed by atoms with van der Waals surface area (Å²) < 4.78 is 1.92. The first kappa shape index (κ1) is 23.2. The van der Waals surface area contributed by atoms with E-state index in [0.717, 1.165) is 47.2 Å². The van der Waals surface area contributed by atoms with Crippen molar-refractivity contribution in [3.05, 3.63) is 93.0 Å². The Kier molecular flexibility index (Phi) is 6.15. The molecular weight excluding hydrogens is 434 g/mol. The van der Waals surface area contributed by atoms with E-state index < -0.39 is 0 Å². The maximum Gasteiger partial charge on any atom is 0.254 e. The van der Waals surface area contributed by atoms with Crippen LogP contribution in [0.3, 0.4) is 0 Å². The van der Waals surface area contributed by atoms with E-state index in [-0.39, 0.29) is 11.8 Å². The van der Waals surface area contributed by atoms with Crippen LogP contribution in [0.2, 0.25) is 0 Å². The lowest BCUT2D eigenvalue weighted by Crippen LogP contribution is -2.36. The summed E-state index contributed by atoms with van der Waals surface area (Å²) in [5.74, 6) is 0.155. The van der Waals surface area contributed by atoms with Crippen LogP contribution in [0.5, 0.6) is 0 Å². The normalized spacial score (nSPS) is 14.3. The fourth-order valence-corrected chi connectivity index (χ4v) is 5.26. The van der Waals surface area contributed by atoms with Crippen LogP contribution in [0.15, 0.2) is 48.5 Å². The first-order valence-corrected chi connectivity index (χ1v) is 12.4. The minimum absolute atomic E-state index is 0.0577. The highest BCUT2D eigenvalue weighted by atomic mass is 16.2. The number of amides is 1. The molecule has 0 saturated heterocycles. The average Bonchev–Trinajstić information content (AvgIpc) is 3.30. The van der Waals surface area contributed by atoms with Crippen molar-refractivity contribution in [2.24, 2.45) is 5.73 Å². The van der Waals surface area contributed by atoms with Crippen molar-refractivity contribution in [1.82, 2.24) is 19.9 Å². The number of carbonyl (C=O) groups excluding carboxylic acids is 1. The Morgan fingerprint density at radius 2 is 1.86 bits per heavy atom. The van der Waals surface area contributed by atoms with Crippen LogP contribution in [-0.4, -0.2) is 38.9 Å². The lowest BCUT2D eigenvalue weighted by molar-refractivity contribution is 0.0734. The minimum Gasteiger partial charge on any atom is -0.334 e. The maximum absolute atomic E-state index is 13.3. The Labute approximate surface area is 206 Å². The summed E-state index contributed by atoms with van der Waals surface area (Å²) in [5.41, 5.74) is 17.4. The quantitative estimate of drug-likeness (QED) is 0.463. The molecule has 180 valence electrons. The van der Waals surface area contributed by atoms with Crippen LogP contribution >= 0.6 is 0 Å². The van der Waals surface area contributed by atoms with Crippen molar-refractivity contribution in [2.45, 2.75) is 53.1 Å². The van der Waals surface area contributed by atoms with E-state index in [1.54, 1.807) is 0 Å². The molecule has 1 aliphatic heterocycles. The summed E-state index contributed by atoms with van der Waals surface area (Å²) in [4.78, 5) is 15.2. The van der Waals surface area contributed by atoms with Gasteiger partial charge in [0, 0.05) is 37.7 Å². The molecule has 0 radical (unpaired) electrons. The number of carbonyl (C=O) groups is 1. The smallest absolute Gasteiger partial charge is 0.254 e. The molecule has 1 aromatic heterocycles. The molecular formula is C29H33N5O. The van der Waals surface area contributed by atoms with Gasteiger partial charge in [0.05, 0.1) is 5.52 Å². The molecule has 2 N–H and O–H groups in total. The predicted octanol–water partition coefficient (Wildman–Crippen LogP) is 4.67. The molecule has 3 aromatic carbocycles. The van der Waals surface area contributed by atoms with Crippen LogP contribution in [0, 0.1) is 20.8 Å². The number of fused-ring (bicyclic) bond motifs is 2. The summed E-state index contributed by atoms with van der Waals surface area (Å²) in [6.07, 6.45) is 0.866. The van der Waals surface area contributed by atoms with Gasteiger partial charge in [-0.1, -0.05) is 35.5 Å². The Morgan fingerprint density at radius 1 is 1.03 bits per heavy atom. The fraction of sp³-hybridized carbons (Fsp3) is 0.345. The summed E-state index contributed by atoms with van der Waals surface area (Å²) in [6, 6.07) is 16.9. The third-order valence-corrected chi connectivity index (χ3v) is 7.58. The highest BCUT2D eigenvalue weighted by Gasteiger charge is 2.24. The maximum atomic E-state index is 13.3. The molecule has 0 saturated carbocycles. The third-order valence-electron chi connectivity index (χ3n) is 7.58. The van der Waals surface area contributed by atoms with Gasteiger partial charge >= 0.3 is 0 Å². The minimum atomic E-state index is 0.0577. The van der Waals surface area contributed by atoms with Gasteiger partial charge in [0.25, 0.3) is 5.91 Å². The second-order valence-corrected chi connectivity index (χ2v) is 9.64. The highest BCUT2D eigenvalue weighted by Crippen LogP contribution is 2.32. The van der Waals surface area contributed by atoms with Gasteiger partial charge in [-0.15, -0.1) is 5.10 Å². The van der Waals surface area contributed by atoms with Crippen molar-refractivity contribution >= 4 is 16.9 Å². The highest BCUT2D eigenvalue weighted by molar-refractivity contribution is 5.94. The zero-order valence-electron chi connectivity index (χ0n) is 21.0. The first-order chi connectivity index (χ1) is 16.9. The van der Waals surface area contributed by atoms with Gasteiger partial charge in [-0.25, -0.2) is 4.68 Å². The van der Waals surface area contributed by atoms with Crippen molar-refractivity contribution < 1.29 is 4.79 Å².